The van der Waals surface area contributed by atoms with Crippen molar-refractivity contribution in [3.05, 3.63) is 44.7 Å². The Morgan fingerprint density at radius 3 is 2.63 bits per heavy atom. The Hall–Kier alpha value is -2.21. The summed E-state index contributed by atoms with van der Waals surface area (Å²) < 4.78 is 1.51. The summed E-state index contributed by atoms with van der Waals surface area (Å²) >= 11 is 1.51. The van der Waals surface area contributed by atoms with Crippen LogP contribution < -0.4 is 10.9 Å². The van der Waals surface area contributed by atoms with Gasteiger partial charge in [-0.3, -0.25) is 14.0 Å². The van der Waals surface area contributed by atoms with E-state index in [2.05, 4.69) is 10.3 Å². The van der Waals surface area contributed by atoms with E-state index in [9.17, 15) is 9.59 Å². The van der Waals surface area contributed by atoms with Crippen LogP contribution in [0.3, 0.4) is 0 Å². The number of aryl methyl sites for hydroxylation is 2. The number of carbonyl (C=O) groups excluding carboxylic acids is 1. The molecule has 27 heavy (non-hydrogen) atoms. The average molecular weight is 384 g/mol. The number of fused-ring (bicyclic) bond motifs is 2. The molecule has 0 aliphatic heterocycles. The van der Waals surface area contributed by atoms with Crippen LogP contribution in [0.2, 0.25) is 0 Å². The fourth-order valence-corrected chi connectivity index (χ4v) is 5.00. The van der Waals surface area contributed by atoms with Crippen LogP contribution in [0.4, 0.5) is 0 Å². The fraction of sp³-hybridized carbons (Fsp3) is 0.476. The lowest BCUT2D eigenvalue weighted by molar-refractivity contribution is 0.0931. The topological polar surface area (TPSA) is 63.5 Å². The highest BCUT2D eigenvalue weighted by molar-refractivity contribution is 7.18. The number of aromatic nitrogens is 2. The number of nitrogens with one attached hydrogen (secondary N) is 1. The van der Waals surface area contributed by atoms with E-state index in [4.69, 9.17) is 0 Å². The summed E-state index contributed by atoms with van der Waals surface area (Å²) in [6, 6.07) is 3.72. The SMILES string of the molecule is Cc1sc2nc3c(C(=O)NC4CCCCCCC4)cccn3c(=O)c2c1C. The van der Waals surface area contributed by atoms with Crippen molar-refractivity contribution in [2.45, 2.75) is 64.8 Å². The van der Waals surface area contributed by atoms with Crippen LogP contribution in [-0.2, 0) is 0 Å². The quantitative estimate of drug-likeness (QED) is 0.715. The Kier molecular flexibility index (Phi) is 5.00. The molecule has 6 heteroatoms. The Labute approximate surface area is 162 Å². The van der Waals surface area contributed by atoms with Gasteiger partial charge in [-0.1, -0.05) is 32.1 Å². The molecule has 3 aromatic heterocycles. The third-order valence-corrected chi connectivity index (χ3v) is 6.76. The van der Waals surface area contributed by atoms with Gasteiger partial charge in [0.05, 0.1) is 10.9 Å². The largest absolute Gasteiger partial charge is 0.349 e. The second-order valence-electron chi connectivity index (χ2n) is 7.51. The molecule has 1 N–H and O–H groups in total. The van der Waals surface area contributed by atoms with Crippen LogP contribution in [-0.4, -0.2) is 21.3 Å². The molecule has 4 rings (SSSR count). The summed E-state index contributed by atoms with van der Waals surface area (Å²) in [7, 11) is 0. The minimum absolute atomic E-state index is 0.0996. The molecule has 142 valence electrons. The monoisotopic (exact) mass is 383 g/mol. The number of hydrogen-bond donors (Lipinski definition) is 1. The Morgan fingerprint density at radius 1 is 1.19 bits per heavy atom. The molecule has 1 aliphatic carbocycles. The smallest absolute Gasteiger partial charge is 0.266 e. The van der Waals surface area contributed by atoms with Gasteiger partial charge in [0.1, 0.15) is 4.83 Å². The van der Waals surface area contributed by atoms with Crippen LogP contribution in [0.25, 0.3) is 15.9 Å². The van der Waals surface area contributed by atoms with Gasteiger partial charge in [0.15, 0.2) is 5.65 Å². The summed E-state index contributed by atoms with van der Waals surface area (Å²) in [5.41, 5.74) is 1.80. The maximum atomic E-state index is 13.0. The maximum absolute atomic E-state index is 13.0. The van der Waals surface area contributed by atoms with Gasteiger partial charge >= 0.3 is 0 Å². The van der Waals surface area contributed by atoms with Gasteiger partial charge in [0.25, 0.3) is 11.5 Å². The fourth-order valence-electron chi connectivity index (χ4n) is 3.98. The van der Waals surface area contributed by atoms with Gasteiger partial charge in [-0.05, 0) is 44.4 Å². The normalized spacial score (nSPS) is 16.4. The first kappa shape index (κ1) is 18.2. The highest BCUT2D eigenvalue weighted by Crippen LogP contribution is 2.27. The van der Waals surface area contributed by atoms with Crippen LogP contribution in [0.15, 0.2) is 23.1 Å². The molecular formula is C21H25N3O2S. The van der Waals surface area contributed by atoms with E-state index in [-0.39, 0.29) is 17.5 Å². The third kappa shape index (κ3) is 3.38. The standard InChI is InChI=1S/C21H25N3O2S/c1-13-14(2)27-20-17(13)21(26)24-12-8-11-16(18(24)23-20)19(25)22-15-9-6-4-3-5-7-10-15/h8,11-12,15H,3-7,9-10H2,1-2H3,(H,22,25). The summed E-state index contributed by atoms with van der Waals surface area (Å²) in [4.78, 5) is 32.4. The maximum Gasteiger partial charge on any atom is 0.266 e. The van der Waals surface area contributed by atoms with Crippen molar-refractivity contribution in [2.75, 3.05) is 0 Å². The average Bonchev–Trinajstić information content (AvgIpc) is 2.91. The van der Waals surface area contributed by atoms with Crippen molar-refractivity contribution in [3.63, 3.8) is 0 Å². The Bertz CT molecular complexity index is 1060. The second-order valence-corrected chi connectivity index (χ2v) is 8.71. The van der Waals surface area contributed by atoms with Gasteiger partial charge in [0, 0.05) is 17.1 Å². The molecule has 0 saturated heterocycles. The second kappa shape index (κ2) is 7.43. The van der Waals surface area contributed by atoms with E-state index < -0.39 is 0 Å². The lowest BCUT2D eigenvalue weighted by Crippen LogP contribution is -2.36. The molecule has 1 fully saturated rings. The van der Waals surface area contributed by atoms with Crippen molar-refractivity contribution in [2.24, 2.45) is 0 Å². The minimum atomic E-state index is -0.130. The van der Waals surface area contributed by atoms with E-state index >= 15 is 0 Å². The lowest BCUT2D eigenvalue weighted by atomic mass is 9.96. The summed E-state index contributed by atoms with van der Waals surface area (Å²) in [5, 5.41) is 3.85. The summed E-state index contributed by atoms with van der Waals surface area (Å²) in [5.74, 6) is -0.130. The molecule has 0 spiro atoms. The number of carbonyl (C=O) groups is 1. The first-order valence-electron chi connectivity index (χ1n) is 9.78. The van der Waals surface area contributed by atoms with Crippen molar-refractivity contribution < 1.29 is 4.79 Å². The molecule has 3 aromatic rings. The van der Waals surface area contributed by atoms with E-state index in [0.29, 0.717) is 21.4 Å². The molecule has 3 heterocycles. The van der Waals surface area contributed by atoms with Crippen molar-refractivity contribution >= 4 is 33.1 Å². The van der Waals surface area contributed by atoms with E-state index in [0.717, 1.165) is 36.1 Å². The summed E-state index contributed by atoms with van der Waals surface area (Å²) in [6.45, 7) is 3.95. The molecular weight excluding hydrogens is 358 g/mol. The first-order chi connectivity index (χ1) is 13.1. The number of pyridine rings is 1. The van der Waals surface area contributed by atoms with Crippen LogP contribution in [0, 0.1) is 13.8 Å². The Balaban J connectivity index is 1.74. The van der Waals surface area contributed by atoms with Gasteiger partial charge in [0.2, 0.25) is 0 Å². The van der Waals surface area contributed by atoms with Crippen LogP contribution in [0.5, 0.6) is 0 Å². The molecule has 5 nitrogen and oxygen atoms in total. The first-order valence-corrected chi connectivity index (χ1v) is 10.6. The molecule has 0 atom stereocenters. The molecule has 1 amide bonds. The highest BCUT2D eigenvalue weighted by Gasteiger charge is 2.20. The predicted molar refractivity (Wildman–Crippen MR) is 110 cm³/mol. The van der Waals surface area contributed by atoms with E-state index in [1.165, 1.54) is 35.0 Å². The molecule has 0 unspecified atom stereocenters. The number of nitrogens with zero attached hydrogens (tertiary/aromatic N) is 2. The van der Waals surface area contributed by atoms with E-state index in [1.807, 2.05) is 13.8 Å². The van der Waals surface area contributed by atoms with Gasteiger partial charge in [-0.15, -0.1) is 11.3 Å². The predicted octanol–water partition coefficient (Wildman–Crippen LogP) is 4.37. The van der Waals surface area contributed by atoms with Crippen LogP contribution in [0.1, 0.15) is 65.7 Å². The highest BCUT2D eigenvalue weighted by atomic mass is 32.1. The van der Waals surface area contributed by atoms with Gasteiger partial charge in [-0.2, -0.15) is 0 Å². The molecule has 1 saturated carbocycles. The zero-order valence-electron chi connectivity index (χ0n) is 15.9. The van der Waals surface area contributed by atoms with Gasteiger partial charge < -0.3 is 5.32 Å². The van der Waals surface area contributed by atoms with E-state index in [1.54, 1.807) is 18.3 Å². The molecule has 0 radical (unpaired) electrons. The molecule has 1 aliphatic rings. The van der Waals surface area contributed by atoms with Gasteiger partial charge in [-0.25, -0.2) is 4.98 Å². The lowest BCUT2D eigenvalue weighted by Gasteiger charge is -2.21. The van der Waals surface area contributed by atoms with Crippen molar-refractivity contribution in [1.82, 2.24) is 14.7 Å². The minimum Gasteiger partial charge on any atom is -0.349 e. The van der Waals surface area contributed by atoms with Crippen molar-refractivity contribution in [1.29, 1.82) is 0 Å². The van der Waals surface area contributed by atoms with Crippen molar-refractivity contribution in [3.8, 4) is 0 Å². The number of hydrogen-bond acceptors (Lipinski definition) is 4. The zero-order valence-corrected chi connectivity index (χ0v) is 16.7. The number of thiophene rings is 1. The summed E-state index contributed by atoms with van der Waals surface area (Å²) in [6.07, 6.45) is 9.85. The number of rotatable bonds is 2. The molecule has 0 aromatic carbocycles. The van der Waals surface area contributed by atoms with Crippen LogP contribution >= 0.6 is 11.3 Å². The zero-order chi connectivity index (χ0) is 19.0. The molecule has 0 bridgehead atoms. The number of amides is 1. The third-order valence-electron chi connectivity index (χ3n) is 5.66. The Morgan fingerprint density at radius 2 is 1.89 bits per heavy atom.